The molecule has 66 valence electrons. The lowest BCUT2D eigenvalue weighted by Crippen LogP contribution is -2.41. The molecule has 1 saturated heterocycles. The summed E-state index contributed by atoms with van der Waals surface area (Å²) in [4.78, 5) is 0. The van der Waals surface area contributed by atoms with Crippen LogP contribution in [0.4, 0.5) is 0 Å². The molecule has 0 aliphatic carbocycles. The zero-order valence-electron chi connectivity index (χ0n) is 7.49. The Labute approximate surface area is 83.5 Å². The molecule has 0 aromatic heterocycles. The number of halogens is 1. The minimum Gasteiger partial charge on any atom is -0.314 e. The molecule has 0 bridgehead atoms. The molecule has 11 heavy (non-hydrogen) atoms. The van der Waals surface area contributed by atoms with Crippen molar-refractivity contribution >= 4 is 22.6 Å². The van der Waals surface area contributed by atoms with Gasteiger partial charge in [-0.25, -0.2) is 0 Å². The van der Waals surface area contributed by atoms with Gasteiger partial charge in [-0.1, -0.05) is 36.4 Å². The molecule has 1 aliphatic rings. The standard InChI is InChI=1S/C9H18IN/c1-9(2)4-6-11-8(7-9)3-5-10/h8,11H,3-7H2,1-2H3. The molecule has 1 rings (SSSR count). The van der Waals surface area contributed by atoms with Crippen molar-refractivity contribution in [2.45, 2.75) is 39.2 Å². The molecule has 1 atom stereocenters. The van der Waals surface area contributed by atoms with E-state index in [1.165, 1.54) is 30.2 Å². The third-order valence-electron chi connectivity index (χ3n) is 2.49. The quantitative estimate of drug-likeness (QED) is 0.599. The van der Waals surface area contributed by atoms with Crippen LogP contribution in [0.5, 0.6) is 0 Å². The molecule has 1 heterocycles. The van der Waals surface area contributed by atoms with Crippen LogP contribution >= 0.6 is 22.6 Å². The van der Waals surface area contributed by atoms with E-state index >= 15 is 0 Å². The highest BCUT2D eigenvalue weighted by Crippen LogP contribution is 2.30. The minimum atomic E-state index is 0.585. The topological polar surface area (TPSA) is 12.0 Å². The Morgan fingerprint density at radius 3 is 2.82 bits per heavy atom. The first-order valence-corrected chi connectivity index (χ1v) is 5.96. The molecule has 1 N–H and O–H groups in total. The summed E-state index contributed by atoms with van der Waals surface area (Å²) in [6, 6.07) is 0.788. The number of hydrogen-bond donors (Lipinski definition) is 1. The van der Waals surface area contributed by atoms with Crippen LogP contribution in [0.2, 0.25) is 0 Å². The third kappa shape index (κ3) is 3.28. The van der Waals surface area contributed by atoms with Crippen LogP contribution in [0.25, 0.3) is 0 Å². The van der Waals surface area contributed by atoms with E-state index in [1.807, 2.05) is 0 Å². The van der Waals surface area contributed by atoms with E-state index in [-0.39, 0.29) is 0 Å². The van der Waals surface area contributed by atoms with E-state index < -0.39 is 0 Å². The van der Waals surface area contributed by atoms with Crippen molar-refractivity contribution in [2.24, 2.45) is 5.41 Å². The fourth-order valence-corrected chi connectivity index (χ4v) is 2.54. The first-order chi connectivity index (χ1) is 5.14. The molecule has 1 unspecified atom stereocenters. The highest BCUT2D eigenvalue weighted by atomic mass is 127. The Morgan fingerprint density at radius 1 is 1.55 bits per heavy atom. The maximum absolute atomic E-state index is 3.57. The first kappa shape index (κ1) is 9.78. The van der Waals surface area contributed by atoms with E-state index in [0.29, 0.717) is 5.41 Å². The van der Waals surface area contributed by atoms with Crippen LogP contribution in [0.15, 0.2) is 0 Å². The summed E-state index contributed by atoms with van der Waals surface area (Å²) in [7, 11) is 0. The second-order valence-electron chi connectivity index (χ2n) is 4.25. The summed E-state index contributed by atoms with van der Waals surface area (Å²) in [6.07, 6.45) is 4.03. The van der Waals surface area contributed by atoms with Gasteiger partial charge in [-0.05, 0) is 31.2 Å². The predicted molar refractivity (Wildman–Crippen MR) is 58.3 cm³/mol. The lowest BCUT2D eigenvalue weighted by Gasteiger charge is -2.35. The SMILES string of the molecule is CC1(C)CCNC(CCI)C1. The van der Waals surface area contributed by atoms with Crippen LogP contribution < -0.4 is 5.32 Å². The van der Waals surface area contributed by atoms with Crippen LogP contribution in [0.3, 0.4) is 0 Å². The average molecular weight is 267 g/mol. The third-order valence-corrected chi connectivity index (χ3v) is 3.11. The molecular formula is C9H18IN. The van der Waals surface area contributed by atoms with E-state index in [2.05, 4.69) is 41.8 Å². The van der Waals surface area contributed by atoms with Crippen molar-refractivity contribution in [2.75, 3.05) is 11.0 Å². The van der Waals surface area contributed by atoms with Crippen molar-refractivity contribution in [1.82, 2.24) is 5.32 Å². The van der Waals surface area contributed by atoms with Gasteiger partial charge >= 0.3 is 0 Å². The van der Waals surface area contributed by atoms with Crippen molar-refractivity contribution in [3.8, 4) is 0 Å². The Balaban J connectivity index is 2.34. The van der Waals surface area contributed by atoms with Crippen molar-refractivity contribution in [3.63, 3.8) is 0 Å². The molecular weight excluding hydrogens is 249 g/mol. The zero-order valence-corrected chi connectivity index (χ0v) is 9.65. The van der Waals surface area contributed by atoms with Crippen LogP contribution in [-0.4, -0.2) is 17.0 Å². The number of hydrogen-bond acceptors (Lipinski definition) is 1. The maximum Gasteiger partial charge on any atom is 0.00794 e. The van der Waals surface area contributed by atoms with Gasteiger partial charge in [0.05, 0.1) is 0 Å². The fraction of sp³-hybridized carbons (Fsp3) is 1.00. The van der Waals surface area contributed by atoms with E-state index in [4.69, 9.17) is 0 Å². The Morgan fingerprint density at radius 2 is 2.27 bits per heavy atom. The molecule has 0 radical (unpaired) electrons. The highest BCUT2D eigenvalue weighted by molar-refractivity contribution is 14.1. The summed E-state index contributed by atoms with van der Waals surface area (Å²) in [5.41, 5.74) is 0.585. The van der Waals surface area contributed by atoms with Gasteiger partial charge in [0.1, 0.15) is 0 Å². The Hall–Kier alpha value is 0.690. The summed E-state index contributed by atoms with van der Waals surface area (Å²) >= 11 is 2.46. The van der Waals surface area contributed by atoms with Crippen LogP contribution in [0.1, 0.15) is 33.1 Å². The Bertz CT molecular complexity index is 121. The lowest BCUT2D eigenvalue weighted by molar-refractivity contribution is 0.207. The summed E-state index contributed by atoms with van der Waals surface area (Å²) in [5, 5.41) is 3.57. The van der Waals surface area contributed by atoms with Gasteiger partial charge in [0, 0.05) is 10.5 Å². The van der Waals surface area contributed by atoms with Gasteiger partial charge in [0.25, 0.3) is 0 Å². The van der Waals surface area contributed by atoms with Gasteiger partial charge in [0.2, 0.25) is 0 Å². The molecule has 0 saturated carbocycles. The lowest BCUT2D eigenvalue weighted by atomic mass is 9.79. The van der Waals surface area contributed by atoms with E-state index in [0.717, 1.165) is 6.04 Å². The fourth-order valence-electron chi connectivity index (χ4n) is 1.79. The van der Waals surface area contributed by atoms with Crippen molar-refractivity contribution in [1.29, 1.82) is 0 Å². The van der Waals surface area contributed by atoms with Crippen LogP contribution in [0, 0.1) is 5.41 Å². The number of nitrogens with one attached hydrogen (secondary N) is 1. The van der Waals surface area contributed by atoms with E-state index in [9.17, 15) is 0 Å². The van der Waals surface area contributed by atoms with Gasteiger partial charge in [-0.15, -0.1) is 0 Å². The second-order valence-corrected chi connectivity index (χ2v) is 5.33. The number of alkyl halides is 1. The molecule has 0 aromatic carbocycles. The summed E-state index contributed by atoms with van der Waals surface area (Å²) in [6.45, 7) is 5.98. The van der Waals surface area contributed by atoms with Gasteiger partial charge in [-0.2, -0.15) is 0 Å². The number of piperidine rings is 1. The van der Waals surface area contributed by atoms with Crippen molar-refractivity contribution < 1.29 is 0 Å². The normalized spacial score (nSPS) is 30.3. The highest BCUT2D eigenvalue weighted by Gasteiger charge is 2.26. The zero-order chi connectivity index (χ0) is 8.32. The van der Waals surface area contributed by atoms with Gasteiger partial charge in [0.15, 0.2) is 0 Å². The first-order valence-electron chi connectivity index (χ1n) is 4.43. The smallest absolute Gasteiger partial charge is 0.00794 e. The molecule has 1 nitrogen and oxygen atoms in total. The molecule has 1 aliphatic heterocycles. The van der Waals surface area contributed by atoms with Gasteiger partial charge < -0.3 is 5.32 Å². The molecule has 0 aromatic rings. The molecule has 0 amide bonds. The minimum absolute atomic E-state index is 0.585. The Kier molecular flexibility index (Phi) is 3.62. The summed E-state index contributed by atoms with van der Waals surface area (Å²) in [5.74, 6) is 0. The monoisotopic (exact) mass is 267 g/mol. The molecule has 1 fully saturated rings. The average Bonchev–Trinajstić information content (AvgIpc) is 1.85. The number of rotatable bonds is 2. The predicted octanol–water partition coefficient (Wildman–Crippen LogP) is 2.59. The van der Waals surface area contributed by atoms with Crippen molar-refractivity contribution in [3.05, 3.63) is 0 Å². The molecule has 0 spiro atoms. The largest absolute Gasteiger partial charge is 0.314 e. The summed E-state index contributed by atoms with van der Waals surface area (Å²) < 4.78 is 1.28. The van der Waals surface area contributed by atoms with Gasteiger partial charge in [-0.3, -0.25) is 0 Å². The van der Waals surface area contributed by atoms with Crippen LogP contribution in [-0.2, 0) is 0 Å². The molecule has 2 heteroatoms. The maximum atomic E-state index is 3.57. The van der Waals surface area contributed by atoms with E-state index in [1.54, 1.807) is 0 Å². The second kappa shape index (κ2) is 4.08.